The van der Waals surface area contributed by atoms with Crippen molar-refractivity contribution >= 4 is 11.9 Å². The molecule has 1 rings (SSSR count). The molecule has 1 aromatic rings. The minimum atomic E-state index is -1.58. The maximum Gasteiger partial charge on any atom is 0.334 e. The molecule has 0 spiro atoms. The van der Waals surface area contributed by atoms with Crippen molar-refractivity contribution in [3.05, 3.63) is 29.3 Å². The van der Waals surface area contributed by atoms with Gasteiger partial charge in [-0.15, -0.1) is 0 Å². The molecule has 0 bridgehead atoms. The number of hydrogen-bond donors (Lipinski definition) is 3. The van der Waals surface area contributed by atoms with E-state index >= 15 is 0 Å². The number of carbonyl (C=O) groups excluding carboxylic acids is 1. The van der Waals surface area contributed by atoms with Gasteiger partial charge in [-0.1, -0.05) is 18.2 Å². The molecule has 0 saturated carbocycles. The van der Waals surface area contributed by atoms with Gasteiger partial charge in [0.25, 0.3) is 0 Å². The topological polar surface area (TPSA) is 95.9 Å². The van der Waals surface area contributed by atoms with E-state index in [1.54, 1.807) is 0 Å². The van der Waals surface area contributed by atoms with Crippen LogP contribution in [0.1, 0.15) is 17.5 Å². The Labute approximate surface area is 117 Å². The number of nitrogens with one attached hydrogen (secondary N) is 1. The molecule has 0 unspecified atom stereocenters. The zero-order chi connectivity index (χ0) is 15.1. The monoisotopic (exact) mass is 281 g/mol. The number of carboxylic acids is 1. The summed E-state index contributed by atoms with van der Waals surface area (Å²) in [4.78, 5) is 21.8. The van der Waals surface area contributed by atoms with Crippen molar-refractivity contribution in [2.75, 3.05) is 13.2 Å². The fourth-order valence-electron chi connectivity index (χ4n) is 1.66. The average molecular weight is 281 g/mol. The van der Waals surface area contributed by atoms with Gasteiger partial charge in [0, 0.05) is 0 Å². The standard InChI is InChI=1S/C14H19NO5/c1-9-4-3-5-10(2)13(9)20-7-6-12(17)15-8-11(16)14(18)19/h3-5,11,16H,6-8H2,1-2H3,(H,15,17)(H,18,19)/t11-/m0/s1. The van der Waals surface area contributed by atoms with Gasteiger partial charge < -0.3 is 20.3 Å². The Bertz CT molecular complexity index is 466. The third kappa shape index (κ3) is 4.89. The lowest BCUT2D eigenvalue weighted by molar-refractivity contribution is -0.146. The maximum atomic E-state index is 11.4. The maximum absolute atomic E-state index is 11.4. The van der Waals surface area contributed by atoms with Crippen LogP contribution in [0.15, 0.2) is 18.2 Å². The Balaban J connectivity index is 2.34. The van der Waals surface area contributed by atoms with E-state index in [1.165, 1.54) is 0 Å². The van der Waals surface area contributed by atoms with Crippen molar-refractivity contribution in [1.82, 2.24) is 5.32 Å². The first-order valence-corrected chi connectivity index (χ1v) is 6.28. The second-order valence-electron chi connectivity index (χ2n) is 4.48. The third-order valence-electron chi connectivity index (χ3n) is 2.76. The van der Waals surface area contributed by atoms with E-state index in [-0.39, 0.29) is 25.5 Å². The van der Waals surface area contributed by atoms with Gasteiger partial charge in [-0.2, -0.15) is 0 Å². The van der Waals surface area contributed by atoms with E-state index in [2.05, 4.69) is 5.32 Å². The number of carboxylic acid groups (broad SMARTS) is 1. The molecule has 0 aliphatic heterocycles. The highest BCUT2D eigenvalue weighted by molar-refractivity contribution is 5.78. The molecule has 0 radical (unpaired) electrons. The first kappa shape index (κ1) is 16.0. The summed E-state index contributed by atoms with van der Waals surface area (Å²) in [5.74, 6) is -0.973. The van der Waals surface area contributed by atoms with Crippen LogP contribution in [0, 0.1) is 13.8 Å². The van der Waals surface area contributed by atoms with Gasteiger partial charge >= 0.3 is 5.97 Å². The van der Waals surface area contributed by atoms with E-state index < -0.39 is 12.1 Å². The van der Waals surface area contributed by atoms with Crippen molar-refractivity contribution in [1.29, 1.82) is 0 Å². The second-order valence-corrected chi connectivity index (χ2v) is 4.48. The molecule has 0 saturated heterocycles. The van der Waals surface area contributed by atoms with Crippen LogP contribution < -0.4 is 10.1 Å². The molecule has 110 valence electrons. The molecule has 1 aromatic carbocycles. The number of aryl methyl sites for hydroxylation is 2. The lowest BCUT2D eigenvalue weighted by atomic mass is 10.1. The number of carbonyl (C=O) groups is 2. The summed E-state index contributed by atoms with van der Waals surface area (Å²) in [5, 5.41) is 19.8. The van der Waals surface area contributed by atoms with Crippen LogP contribution in [0.25, 0.3) is 0 Å². The summed E-state index contributed by atoms with van der Waals surface area (Å²) in [6, 6.07) is 5.77. The summed E-state index contributed by atoms with van der Waals surface area (Å²) in [6.45, 7) is 3.73. The summed E-state index contributed by atoms with van der Waals surface area (Å²) < 4.78 is 5.55. The molecular formula is C14H19NO5. The van der Waals surface area contributed by atoms with Crippen LogP contribution in [0.2, 0.25) is 0 Å². The molecule has 0 fully saturated rings. The highest BCUT2D eigenvalue weighted by atomic mass is 16.5. The molecule has 6 nitrogen and oxygen atoms in total. The quantitative estimate of drug-likeness (QED) is 0.681. The molecular weight excluding hydrogens is 262 g/mol. The average Bonchev–Trinajstić information content (AvgIpc) is 2.39. The second kappa shape index (κ2) is 7.49. The van der Waals surface area contributed by atoms with E-state index in [0.717, 1.165) is 16.9 Å². The molecule has 0 heterocycles. The molecule has 1 atom stereocenters. The molecule has 0 aromatic heterocycles. The number of hydrogen-bond acceptors (Lipinski definition) is 4. The summed E-state index contributed by atoms with van der Waals surface area (Å²) in [7, 11) is 0. The van der Waals surface area contributed by atoms with Crippen LogP contribution in [0.5, 0.6) is 5.75 Å². The van der Waals surface area contributed by atoms with E-state index in [1.807, 2.05) is 32.0 Å². The first-order valence-electron chi connectivity index (χ1n) is 6.28. The van der Waals surface area contributed by atoms with Gasteiger partial charge in [-0.25, -0.2) is 4.79 Å². The Hall–Kier alpha value is -2.08. The van der Waals surface area contributed by atoms with Gasteiger partial charge in [0.2, 0.25) is 5.91 Å². The highest BCUT2D eigenvalue weighted by Crippen LogP contribution is 2.22. The van der Waals surface area contributed by atoms with Crippen molar-refractivity contribution in [2.24, 2.45) is 0 Å². The number of para-hydroxylation sites is 1. The Kier molecular flexibility index (Phi) is 5.99. The number of aliphatic hydroxyl groups is 1. The zero-order valence-electron chi connectivity index (χ0n) is 11.5. The van der Waals surface area contributed by atoms with Crippen molar-refractivity contribution < 1.29 is 24.5 Å². The van der Waals surface area contributed by atoms with E-state index in [0.29, 0.717) is 0 Å². The largest absolute Gasteiger partial charge is 0.493 e. The zero-order valence-corrected chi connectivity index (χ0v) is 11.5. The van der Waals surface area contributed by atoms with Crippen LogP contribution in [0.3, 0.4) is 0 Å². The highest BCUT2D eigenvalue weighted by Gasteiger charge is 2.14. The van der Waals surface area contributed by atoms with Gasteiger partial charge in [0.15, 0.2) is 6.10 Å². The number of amides is 1. The van der Waals surface area contributed by atoms with Gasteiger partial charge in [0.1, 0.15) is 5.75 Å². The van der Waals surface area contributed by atoms with Crippen LogP contribution in [0.4, 0.5) is 0 Å². The smallest absolute Gasteiger partial charge is 0.334 e. The minimum absolute atomic E-state index is 0.0973. The summed E-state index contributed by atoms with van der Waals surface area (Å²) in [5.41, 5.74) is 1.98. The Morgan fingerprint density at radius 3 is 2.45 bits per heavy atom. The predicted octanol–water partition coefficient (Wildman–Crippen LogP) is 0.634. The molecule has 0 aliphatic rings. The Morgan fingerprint density at radius 2 is 1.90 bits per heavy atom. The number of ether oxygens (including phenoxy) is 1. The fraction of sp³-hybridized carbons (Fsp3) is 0.429. The molecule has 6 heteroatoms. The number of aliphatic carboxylic acids is 1. The molecule has 20 heavy (non-hydrogen) atoms. The predicted molar refractivity (Wildman–Crippen MR) is 72.7 cm³/mol. The summed E-state index contributed by atoms with van der Waals surface area (Å²) >= 11 is 0. The summed E-state index contributed by atoms with van der Waals surface area (Å²) in [6.07, 6.45) is -1.49. The lowest BCUT2D eigenvalue weighted by Gasteiger charge is -2.12. The normalized spacial score (nSPS) is 11.8. The SMILES string of the molecule is Cc1cccc(C)c1OCCC(=O)NC[C@H](O)C(=O)O. The van der Waals surface area contributed by atoms with Crippen molar-refractivity contribution in [2.45, 2.75) is 26.4 Å². The fourth-order valence-corrected chi connectivity index (χ4v) is 1.66. The lowest BCUT2D eigenvalue weighted by Crippen LogP contribution is -2.36. The van der Waals surface area contributed by atoms with Crippen molar-refractivity contribution in [3.63, 3.8) is 0 Å². The van der Waals surface area contributed by atoms with Gasteiger partial charge in [-0.05, 0) is 25.0 Å². The number of benzene rings is 1. The molecule has 3 N–H and O–H groups in total. The third-order valence-corrected chi connectivity index (χ3v) is 2.76. The number of rotatable bonds is 7. The molecule has 1 amide bonds. The number of aliphatic hydroxyl groups excluding tert-OH is 1. The minimum Gasteiger partial charge on any atom is -0.493 e. The van der Waals surface area contributed by atoms with E-state index in [4.69, 9.17) is 14.9 Å². The van der Waals surface area contributed by atoms with Crippen molar-refractivity contribution in [3.8, 4) is 5.75 Å². The molecule has 0 aliphatic carbocycles. The van der Waals surface area contributed by atoms with Crippen LogP contribution >= 0.6 is 0 Å². The first-order chi connectivity index (χ1) is 9.41. The van der Waals surface area contributed by atoms with E-state index in [9.17, 15) is 9.59 Å². The van der Waals surface area contributed by atoms with Gasteiger partial charge in [-0.3, -0.25) is 4.79 Å². The van der Waals surface area contributed by atoms with Crippen LogP contribution in [-0.2, 0) is 9.59 Å². The Morgan fingerprint density at radius 1 is 1.30 bits per heavy atom. The van der Waals surface area contributed by atoms with Crippen LogP contribution in [-0.4, -0.2) is 41.3 Å². The van der Waals surface area contributed by atoms with Gasteiger partial charge in [0.05, 0.1) is 19.6 Å².